The molecule has 0 aliphatic rings. The van der Waals surface area contributed by atoms with Crippen LogP contribution in [0.4, 0.5) is 5.69 Å². The van der Waals surface area contributed by atoms with Crippen molar-refractivity contribution in [3.63, 3.8) is 0 Å². The Hall–Kier alpha value is -2.86. The number of halogens is 1. The number of hydrogen-bond donors (Lipinski definition) is 2. The summed E-state index contributed by atoms with van der Waals surface area (Å²) in [6.45, 7) is 3.86. The van der Waals surface area contributed by atoms with Gasteiger partial charge < -0.3 is 10.4 Å². The average molecular weight is 343 g/mol. The van der Waals surface area contributed by atoms with E-state index >= 15 is 0 Å². The fourth-order valence-electron chi connectivity index (χ4n) is 2.33. The highest BCUT2D eigenvalue weighted by Crippen LogP contribution is 2.22. The van der Waals surface area contributed by atoms with Gasteiger partial charge >= 0.3 is 0 Å². The molecule has 24 heavy (non-hydrogen) atoms. The topological polar surface area (TPSA) is 80.0 Å². The molecule has 0 spiro atoms. The van der Waals surface area contributed by atoms with Crippen molar-refractivity contribution < 1.29 is 9.90 Å². The van der Waals surface area contributed by atoms with Gasteiger partial charge in [-0.25, -0.2) is 9.67 Å². The van der Waals surface area contributed by atoms with E-state index in [9.17, 15) is 9.90 Å². The van der Waals surface area contributed by atoms with Gasteiger partial charge in [-0.05, 0) is 50.2 Å². The highest BCUT2D eigenvalue weighted by atomic mass is 35.5. The number of benzene rings is 1. The largest absolute Gasteiger partial charge is 0.507 e. The number of hydrogen-bond acceptors (Lipinski definition) is 4. The first-order valence-corrected chi connectivity index (χ1v) is 7.61. The van der Waals surface area contributed by atoms with Crippen LogP contribution in [0.2, 0.25) is 5.02 Å². The van der Waals surface area contributed by atoms with Crippen molar-refractivity contribution in [2.75, 3.05) is 5.32 Å². The summed E-state index contributed by atoms with van der Waals surface area (Å²) < 4.78 is 1.73. The Balaban J connectivity index is 1.80. The van der Waals surface area contributed by atoms with Gasteiger partial charge in [0.25, 0.3) is 5.91 Å². The number of nitrogens with one attached hydrogen (secondary N) is 1. The number of aromatic nitrogens is 3. The highest BCUT2D eigenvalue weighted by Gasteiger charge is 2.12. The zero-order chi connectivity index (χ0) is 17.3. The lowest BCUT2D eigenvalue weighted by Crippen LogP contribution is -2.12. The van der Waals surface area contributed by atoms with Crippen LogP contribution in [-0.4, -0.2) is 25.8 Å². The maximum atomic E-state index is 12.2. The first kappa shape index (κ1) is 16.0. The van der Waals surface area contributed by atoms with Gasteiger partial charge in [0.1, 0.15) is 5.75 Å². The second kappa shape index (κ2) is 6.33. The fourth-order valence-corrected chi connectivity index (χ4v) is 2.51. The Morgan fingerprint density at radius 1 is 1.21 bits per heavy atom. The van der Waals surface area contributed by atoms with E-state index in [0.717, 1.165) is 11.4 Å². The number of nitrogens with zero attached hydrogens (tertiary/aromatic N) is 3. The second-order valence-electron chi connectivity index (χ2n) is 5.36. The number of amides is 1. The van der Waals surface area contributed by atoms with E-state index in [1.165, 1.54) is 24.4 Å². The molecule has 0 fully saturated rings. The molecule has 6 nitrogen and oxygen atoms in total. The number of rotatable bonds is 3. The van der Waals surface area contributed by atoms with E-state index in [1.807, 2.05) is 19.9 Å². The minimum Gasteiger partial charge on any atom is -0.507 e. The summed E-state index contributed by atoms with van der Waals surface area (Å²) in [4.78, 5) is 16.5. The molecule has 0 atom stereocenters. The Bertz CT molecular complexity index is 903. The third-order valence-corrected chi connectivity index (χ3v) is 3.67. The molecule has 0 radical (unpaired) electrons. The number of aromatic hydroxyl groups is 1. The van der Waals surface area contributed by atoms with Crippen LogP contribution in [0.3, 0.4) is 0 Å². The fraction of sp³-hybridized carbons (Fsp3) is 0.118. The molecule has 3 aromatic rings. The van der Waals surface area contributed by atoms with E-state index in [1.54, 1.807) is 16.8 Å². The lowest BCUT2D eigenvalue weighted by molar-refractivity contribution is 0.102. The summed E-state index contributed by atoms with van der Waals surface area (Å²) in [5.41, 5.74) is 2.48. The summed E-state index contributed by atoms with van der Waals surface area (Å²) in [7, 11) is 0. The zero-order valence-corrected chi connectivity index (χ0v) is 13.9. The molecule has 2 aromatic heterocycles. The van der Waals surface area contributed by atoms with Gasteiger partial charge in [0.05, 0.1) is 23.1 Å². The molecule has 2 N–H and O–H groups in total. The Kier molecular flexibility index (Phi) is 4.22. The summed E-state index contributed by atoms with van der Waals surface area (Å²) in [6.07, 6.45) is 1.53. The van der Waals surface area contributed by atoms with Gasteiger partial charge in [0.2, 0.25) is 0 Å². The van der Waals surface area contributed by atoms with Crippen LogP contribution in [-0.2, 0) is 0 Å². The molecular formula is C17H15ClN4O2. The third kappa shape index (κ3) is 3.23. The van der Waals surface area contributed by atoms with Crippen LogP contribution >= 0.6 is 11.6 Å². The smallest absolute Gasteiger partial charge is 0.259 e. The van der Waals surface area contributed by atoms with E-state index in [-0.39, 0.29) is 11.3 Å². The standard InChI is InChI=1S/C17H15ClN4O2/c1-10-7-11(2)22(21-10)16-6-4-13(9-19-16)20-17(24)14-8-12(18)3-5-15(14)23/h3-9,23H,1-2H3,(H,20,24). The van der Waals surface area contributed by atoms with Crippen LogP contribution in [0.5, 0.6) is 5.75 Å². The molecule has 1 amide bonds. The number of aryl methyl sites for hydroxylation is 2. The van der Waals surface area contributed by atoms with Gasteiger partial charge in [-0.1, -0.05) is 11.6 Å². The maximum Gasteiger partial charge on any atom is 0.259 e. The van der Waals surface area contributed by atoms with Gasteiger partial charge in [0, 0.05) is 10.7 Å². The normalized spacial score (nSPS) is 10.6. The van der Waals surface area contributed by atoms with Crippen molar-refractivity contribution in [2.24, 2.45) is 0 Å². The second-order valence-corrected chi connectivity index (χ2v) is 5.80. The molecule has 0 aliphatic carbocycles. The summed E-state index contributed by atoms with van der Waals surface area (Å²) in [6, 6.07) is 9.73. The van der Waals surface area contributed by atoms with Crippen molar-refractivity contribution in [1.82, 2.24) is 14.8 Å². The third-order valence-electron chi connectivity index (χ3n) is 3.44. The maximum absolute atomic E-state index is 12.2. The minimum atomic E-state index is -0.462. The molecule has 7 heteroatoms. The molecule has 0 aliphatic heterocycles. The Labute approximate surface area is 143 Å². The van der Waals surface area contributed by atoms with Crippen LogP contribution in [0.15, 0.2) is 42.6 Å². The monoisotopic (exact) mass is 342 g/mol. The average Bonchev–Trinajstić information content (AvgIpc) is 2.89. The lowest BCUT2D eigenvalue weighted by Gasteiger charge is -2.08. The molecule has 3 rings (SSSR count). The molecule has 0 bridgehead atoms. The predicted octanol–water partition coefficient (Wildman–Crippen LogP) is 3.50. The van der Waals surface area contributed by atoms with Crippen LogP contribution in [0, 0.1) is 13.8 Å². The van der Waals surface area contributed by atoms with E-state index in [0.29, 0.717) is 16.5 Å². The quantitative estimate of drug-likeness (QED) is 0.763. The summed E-state index contributed by atoms with van der Waals surface area (Å²) >= 11 is 5.86. The number of carbonyl (C=O) groups excluding carboxylic acids is 1. The van der Waals surface area contributed by atoms with E-state index < -0.39 is 5.91 Å². The Morgan fingerprint density at radius 2 is 2.00 bits per heavy atom. The van der Waals surface area contributed by atoms with Crippen molar-refractivity contribution in [3.05, 3.63) is 64.6 Å². The molecule has 2 heterocycles. The number of anilines is 1. The summed E-state index contributed by atoms with van der Waals surface area (Å²) in [5.74, 6) is 0.0592. The van der Waals surface area contributed by atoms with E-state index in [4.69, 9.17) is 11.6 Å². The first-order valence-electron chi connectivity index (χ1n) is 7.23. The van der Waals surface area contributed by atoms with Crippen LogP contribution in [0.1, 0.15) is 21.7 Å². The van der Waals surface area contributed by atoms with Crippen molar-refractivity contribution in [2.45, 2.75) is 13.8 Å². The van der Waals surface area contributed by atoms with Gasteiger partial charge in [-0.2, -0.15) is 5.10 Å². The molecule has 0 saturated carbocycles. The van der Waals surface area contributed by atoms with Crippen molar-refractivity contribution in [3.8, 4) is 11.6 Å². The first-order chi connectivity index (χ1) is 11.4. The van der Waals surface area contributed by atoms with E-state index in [2.05, 4.69) is 15.4 Å². The molecule has 0 unspecified atom stereocenters. The molecule has 0 saturated heterocycles. The SMILES string of the molecule is Cc1cc(C)n(-c2ccc(NC(=O)c3cc(Cl)ccc3O)cn2)n1. The highest BCUT2D eigenvalue weighted by molar-refractivity contribution is 6.31. The number of pyridine rings is 1. The van der Waals surface area contributed by atoms with Gasteiger partial charge in [-0.15, -0.1) is 0 Å². The molecular weight excluding hydrogens is 328 g/mol. The summed E-state index contributed by atoms with van der Waals surface area (Å²) in [5, 5.41) is 17.2. The van der Waals surface area contributed by atoms with Gasteiger partial charge in [-0.3, -0.25) is 4.79 Å². The minimum absolute atomic E-state index is 0.102. The van der Waals surface area contributed by atoms with Crippen LogP contribution < -0.4 is 5.32 Å². The van der Waals surface area contributed by atoms with Gasteiger partial charge in [0.15, 0.2) is 5.82 Å². The number of phenolic OH excluding ortho intramolecular Hbond substituents is 1. The zero-order valence-electron chi connectivity index (χ0n) is 13.1. The number of phenols is 1. The molecule has 1 aromatic carbocycles. The number of carbonyl (C=O) groups is 1. The van der Waals surface area contributed by atoms with Crippen LogP contribution in [0.25, 0.3) is 5.82 Å². The Morgan fingerprint density at radius 3 is 2.62 bits per heavy atom. The van der Waals surface area contributed by atoms with Crippen molar-refractivity contribution >= 4 is 23.2 Å². The predicted molar refractivity (Wildman–Crippen MR) is 91.9 cm³/mol. The molecule has 122 valence electrons. The lowest BCUT2D eigenvalue weighted by atomic mass is 10.2. The van der Waals surface area contributed by atoms with Crippen molar-refractivity contribution in [1.29, 1.82) is 0 Å².